The fourth-order valence-corrected chi connectivity index (χ4v) is 4.09. The number of hydrogen-bond acceptors (Lipinski definition) is 6. The van der Waals surface area contributed by atoms with Crippen molar-refractivity contribution in [3.05, 3.63) is 77.1 Å². The van der Waals surface area contributed by atoms with E-state index in [1.54, 1.807) is 25.6 Å². The third kappa shape index (κ3) is 3.79. The molecule has 0 aliphatic heterocycles. The number of pyridine rings is 1. The summed E-state index contributed by atoms with van der Waals surface area (Å²) in [5.41, 5.74) is 6.59. The first-order valence-corrected chi connectivity index (χ1v) is 10.6. The summed E-state index contributed by atoms with van der Waals surface area (Å²) in [4.78, 5) is 9.01. The molecule has 0 unspecified atom stereocenters. The standard InChI is InChI=1S/C24H23FN6O/c1-15-13-31(14-27-15)21-11-10-20(28-24(21)32-2)22-18-4-3-5-19(18)23(30-29-22)26-12-16-6-8-17(25)9-7-16/h6-11,13-14H,3-5,12H2,1-2H3,(H,26,30). The van der Waals surface area contributed by atoms with Crippen LogP contribution in [-0.4, -0.2) is 31.8 Å². The highest BCUT2D eigenvalue weighted by molar-refractivity contribution is 5.67. The first-order chi connectivity index (χ1) is 15.6. The van der Waals surface area contributed by atoms with Crippen molar-refractivity contribution >= 4 is 5.82 Å². The molecule has 0 radical (unpaired) electrons. The van der Waals surface area contributed by atoms with Crippen molar-refractivity contribution in [1.82, 2.24) is 24.7 Å². The first kappa shape index (κ1) is 20.1. The second kappa shape index (κ2) is 8.37. The number of imidazole rings is 1. The molecule has 5 rings (SSSR count). The van der Waals surface area contributed by atoms with Gasteiger partial charge in [-0.3, -0.25) is 0 Å². The molecule has 1 aliphatic carbocycles. The van der Waals surface area contributed by atoms with Gasteiger partial charge < -0.3 is 14.6 Å². The second-order valence-electron chi connectivity index (χ2n) is 7.84. The number of aromatic nitrogens is 5. The maximum atomic E-state index is 13.1. The lowest BCUT2D eigenvalue weighted by Gasteiger charge is -2.14. The highest BCUT2D eigenvalue weighted by Crippen LogP contribution is 2.35. The van der Waals surface area contributed by atoms with E-state index >= 15 is 0 Å². The van der Waals surface area contributed by atoms with Gasteiger partial charge in [0, 0.05) is 18.3 Å². The number of aryl methyl sites for hydroxylation is 1. The van der Waals surface area contributed by atoms with E-state index in [-0.39, 0.29) is 5.82 Å². The number of anilines is 1. The predicted octanol–water partition coefficient (Wildman–Crippen LogP) is 4.28. The number of hydrogen-bond donors (Lipinski definition) is 1. The van der Waals surface area contributed by atoms with Crippen LogP contribution in [0.2, 0.25) is 0 Å². The molecule has 3 aromatic heterocycles. The van der Waals surface area contributed by atoms with Crippen molar-refractivity contribution in [3.8, 4) is 23.0 Å². The summed E-state index contributed by atoms with van der Waals surface area (Å²) in [6.07, 6.45) is 6.58. The lowest BCUT2D eigenvalue weighted by Crippen LogP contribution is -2.08. The SMILES string of the molecule is COc1nc(-c2nnc(NCc3ccc(F)cc3)c3c2CCC3)ccc1-n1cnc(C)c1. The maximum Gasteiger partial charge on any atom is 0.238 e. The Morgan fingerprint density at radius 3 is 2.62 bits per heavy atom. The molecule has 0 atom stereocenters. The van der Waals surface area contributed by atoms with E-state index in [2.05, 4.69) is 20.5 Å². The Labute approximate surface area is 185 Å². The summed E-state index contributed by atoms with van der Waals surface area (Å²) in [5.74, 6) is 1.05. The Morgan fingerprint density at radius 2 is 1.88 bits per heavy atom. The smallest absolute Gasteiger partial charge is 0.238 e. The minimum absolute atomic E-state index is 0.240. The molecule has 162 valence electrons. The molecule has 0 bridgehead atoms. The van der Waals surface area contributed by atoms with Crippen molar-refractivity contribution < 1.29 is 9.13 Å². The zero-order valence-electron chi connectivity index (χ0n) is 18.0. The van der Waals surface area contributed by atoms with Crippen LogP contribution in [0.3, 0.4) is 0 Å². The highest BCUT2D eigenvalue weighted by Gasteiger charge is 2.23. The number of fused-ring (bicyclic) bond motifs is 1. The van der Waals surface area contributed by atoms with Crippen LogP contribution in [0.4, 0.5) is 10.2 Å². The minimum Gasteiger partial charge on any atom is -0.479 e. The molecule has 0 amide bonds. The highest BCUT2D eigenvalue weighted by atomic mass is 19.1. The molecular formula is C24H23FN6O. The molecule has 1 N–H and O–H groups in total. The topological polar surface area (TPSA) is 77.8 Å². The van der Waals surface area contributed by atoms with E-state index in [0.29, 0.717) is 12.4 Å². The Kier molecular flexibility index (Phi) is 5.26. The number of nitrogens with zero attached hydrogens (tertiary/aromatic N) is 5. The summed E-state index contributed by atoms with van der Waals surface area (Å²) in [5, 5.41) is 12.4. The van der Waals surface area contributed by atoms with Crippen molar-refractivity contribution in [1.29, 1.82) is 0 Å². The zero-order chi connectivity index (χ0) is 22.1. The molecule has 1 aliphatic rings. The predicted molar refractivity (Wildman–Crippen MR) is 119 cm³/mol. The van der Waals surface area contributed by atoms with Crippen LogP contribution < -0.4 is 10.1 Å². The molecule has 32 heavy (non-hydrogen) atoms. The van der Waals surface area contributed by atoms with Gasteiger partial charge in [-0.1, -0.05) is 12.1 Å². The average Bonchev–Trinajstić information content (AvgIpc) is 3.47. The molecular weight excluding hydrogens is 407 g/mol. The summed E-state index contributed by atoms with van der Waals surface area (Å²) in [6.45, 7) is 2.50. The lowest BCUT2D eigenvalue weighted by molar-refractivity contribution is 0.396. The monoisotopic (exact) mass is 430 g/mol. The summed E-state index contributed by atoms with van der Waals surface area (Å²) in [6, 6.07) is 10.4. The minimum atomic E-state index is -0.240. The van der Waals surface area contributed by atoms with Crippen LogP contribution in [-0.2, 0) is 19.4 Å². The molecule has 4 aromatic rings. The van der Waals surface area contributed by atoms with Crippen LogP contribution in [0, 0.1) is 12.7 Å². The molecule has 7 nitrogen and oxygen atoms in total. The Balaban J connectivity index is 1.45. The number of ether oxygens (including phenoxy) is 1. The van der Waals surface area contributed by atoms with Gasteiger partial charge in [-0.25, -0.2) is 14.4 Å². The summed E-state index contributed by atoms with van der Waals surface area (Å²) in [7, 11) is 1.61. The molecule has 8 heteroatoms. The largest absolute Gasteiger partial charge is 0.479 e. The van der Waals surface area contributed by atoms with Crippen molar-refractivity contribution in [2.45, 2.75) is 32.7 Å². The van der Waals surface area contributed by atoms with Crippen molar-refractivity contribution in [2.24, 2.45) is 0 Å². The first-order valence-electron chi connectivity index (χ1n) is 10.6. The fourth-order valence-electron chi connectivity index (χ4n) is 4.09. The van der Waals surface area contributed by atoms with Gasteiger partial charge in [0.05, 0.1) is 24.8 Å². The van der Waals surface area contributed by atoms with E-state index in [0.717, 1.165) is 53.4 Å². The fraction of sp³-hybridized carbons (Fsp3) is 0.250. The van der Waals surface area contributed by atoms with Crippen LogP contribution in [0.25, 0.3) is 17.1 Å². The average molecular weight is 430 g/mol. The van der Waals surface area contributed by atoms with Gasteiger partial charge in [0.1, 0.15) is 17.2 Å². The van der Waals surface area contributed by atoms with Crippen LogP contribution in [0.1, 0.15) is 28.8 Å². The Hall–Kier alpha value is -3.81. The number of nitrogens with one attached hydrogen (secondary N) is 1. The van der Waals surface area contributed by atoms with Crippen LogP contribution in [0.15, 0.2) is 48.9 Å². The Bertz CT molecular complexity index is 1270. The van der Waals surface area contributed by atoms with E-state index in [1.807, 2.05) is 29.8 Å². The van der Waals surface area contributed by atoms with Gasteiger partial charge in [0.15, 0.2) is 5.82 Å². The third-order valence-electron chi connectivity index (χ3n) is 5.68. The van der Waals surface area contributed by atoms with Gasteiger partial charge >= 0.3 is 0 Å². The maximum absolute atomic E-state index is 13.1. The lowest BCUT2D eigenvalue weighted by atomic mass is 10.1. The van der Waals surface area contributed by atoms with Gasteiger partial charge in [-0.15, -0.1) is 10.2 Å². The van der Waals surface area contributed by atoms with Gasteiger partial charge in [0.25, 0.3) is 0 Å². The quantitative estimate of drug-likeness (QED) is 0.492. The van der Waals surface area contributed by atoms with Crippen molar-refractivity contribution in [3.63, 3.8) is 0 Å². The molecule has 0 saturated heterocycles. The van der Waals surface area contributed by atoms with Crippen molar-refractivity contribution in [2.75, 3.05) is 12.4 Å². The van der Waals surface area contributed by atoms with E-state index in [1.165, 1.54) is 23.3 Å². The number of benzene rings is 1. The third-order valence-corrected chi connectivity index (χ3v) is 5.68. The van der Waals surface area contributed by atoms with E-state index in [9.17, 15) is 4.39 Å². The van der Waals surface area contributed by atoms with E-state index < -0.39 is 0 Å². The second-order valence-corrected chi connectivity index (χ2v) is 7.84. The van der Waals surface area contributed by atoms with E-state index in [4.69, 9.17) is 9.72 Å². The molecule has 1 aromatic carbocycles. The summed E-state index contributed by atoms with van der Waals surface area (Å²) >= 11 is 0. The molecule has 0 saturated carbocycles. The van der Waals surface area contributed by atoms with Gasteiger partial charge in [0.2, 0.25) is 5.88 Å². The molecule has 0 spiro atoms. The van der Waals surface area contributed by atoms with Crippen LogP contribution in [0.5, 0.6) is 5.88 Å². The molecule has 0 fully saturated rings. The number of rotatable bonds is 6. The number of halogens is 1. The molecule has 3 heterocycles. The van der Waals surface area contributed by atoms with Crippen LogP contribution >= 0.6 is 0 Å². The summed E-state index contributed by atoms with van der Waals surface area (Å²) < 4.78 is 20.6. The van der Waals surface area contributed by atoms with Gasteiger partial charge in [-0.05, 0) is 61.6 Å². The zero-order valence-corrected chi connectivity index (χ0v) is 18.0. The normalized spacial score (nSPS) is 12.6. The number of methoxy groups -OCH3 is 1. The van der Waals surface area contributed by atoms with Gasteiger partial charge in [-0.2, -0.15) is 0 Å². The Morgan fingerprint density at radius 1 is 1.06 bits per heavy atom.